The summed E-state index contributed by atoms with van der Waals surface area (Å²) in [7, 11) is 21.9. The Morgan fingerprint density at radius 1 is 0.338 bits per heavy atom. The lowest BCUT2D eigenvalue weighted by molar-refractivity contribution is -0.0122. The Morgan fingerprint density at radius 2 is 0.640 bits per heavy atom. The first-order valence-corrected chi connectivity index (χ1v) is 53.5. The normalized spacial score (nSPS) is 22.4. The van der Waals surface area contributed by atoms with Gasteiger partial charge in [0, 0.05) is 162 Å². The van der Waals surface area contributed by atoms with Crippen molar-refractivity contribution in [1.29, 1.82) is 0 Å². The Balaban J connectivity index is 0.000000259. The molecule has 0 spiro atoms. The Kier molecular flexibility index (Phi) is 42.4. The Morgan fingerprint density at radius 3 is 0.971 bits per heavy atom. The van der Waals surface area contributed by atoms with Crippen molar-refractivity contribution < 1.29 is 4.74 Å². The van der Waals surface area contributed by atoms with Crippen molar-refractivity contribution >= 4 is 35.7 Å². The van der Waals surface area contributed by atoms with Gasteiger partial charge in [-0.1, -0.05) is 46.5 Å². The number of likely N-dealkylation sites (N-methyl/N-ethyl adjacent to an activating group) is 2. The molecule has 0 saturated carbocycles. The summed E-state index contributed by atoms with van der Waals surface area (Å²) in [5.41, 5.74) is 1.52. The average Bonchev–Trinajstić information content (AvgIpc) is 0.766. The van der Waals surface area contributed by atoms with Crippen LogP contribution >= 0.6 is 0 Å². The number of piperidine rings is 6. The summed E-state index contributed by atoms with van der Waals surface area (Å²) in [5, 5.41) is 25.4. The summed E-state index contributed by atoms with van der Waals surface area (Å²) in [6.07, 6.45) is 26.7. The maximum absolute atomic E-state index is 5.59. The van der Waals surface area contributed by atoms with E-state index in [4.69, 9.17) is 49.6 Å². The Hall–Kier alpha value is -4.69. The molecule has 0 amide bonds. The molecule has 3 aromatic rings. The first-order chi connectivity index (χ1) is 62.5. The zero-order valence-corrected chi connectivity index (χ0v) is 96.0. The molecular weight excluding hydrogens is 1690 g/mol. The fourth-order valence-electron chi connectivity index (χ4n) is 25.1. The van der Waals surface area contributed by atoms with E-state index in [2.05, 4.69) is 348 Å². The second-order valence-electron chi connectivity index (χ2n) is 53.0. The molecule has 3 aromatic heterocycles. The summed E-state index contributed by atoms with van der Waals surface area (Å²) >= 11 is 0. The van der Waals surface area contributed by atoms with Gasteiger partial charge in [0.15, 0.2) is 0 Å². The van der Waals surface area contributed by atoms with Gasteiger partial charge in [-0.3, -0.25) is 9.80 Å². The molecule has 0 atom stereocenters. The number of anilines is 6. The molecule has 10 heterocycles. The molecule has 136 heavy (non-hydrogen) atoms. The second-order valence-corrected chi connectivity index (χ2v) is 53.0. The summed E-state index contributed by atoms with van der Waals surface area (Å²) in [6, 6.07) is 2.80. The molecule has 7 aliphatic rings. The van der Waals surface area contributed by atoms with E-state index in [-0.39, 0.29) is 77.4 Å². The van der Waals surface area contributed by atoms with Crippen molar-refractivity contribution in [2.45, 2.75) is 477 Å². The number of hydrogen-bond donors (Lipinski definition) is 7. The van der Waals surface area contributed by atoms with Gasteiger partial charge in [0.05, 0.1) is 13.2 Å². The van der Waals surface area contributed by atoms with Crippen LogP contribution in [0.3, 0.4) is 0 Å². The van der Waals surface area contributed by atoms with Crippen LogP contribution in [0.2, 0.25) is 0 Å². The van der Waals surface area contributed by atoms with Gasteiger partial charge in [0.2, 0.25) is 35.7 Å². The lowest BCUT2D eigenvalue weighted by Gasteiger charge is -2.55. The molecule has 786 valence electrons. The van der Waals surface area contributed by atoms with E-state index in [1.807, 2.05) is 34.9 Å². The van der Waals surface area contributed by atoms with E-state index in [9.17, 15) is 0 Å². The van der Waals surface area contributed by atoms with E-state index in [1.165, 1.54) is 116 Å². The largest absolute Gasteiger partial charge is 0.378 e. The van der Waals surface area contributed by atoms with Gasteiger partial charge in [0.25, 0.3) is 0 Å². The third-order valence-corrected chi connectivity index (χ3v) is 30.6. The summed E-state index contributed by atoms with van der Waals surface area (Å²) in [5.74, 6) is 7.09. The third-order valence-electron chi connectivity index (χ3n) is 30.6. The van der Waals surface area contributed by atoms with E-state index < -0.39 is 0 Å². The highest BCUT2D eigenvalue weighted by molar-refractivity contribution is 5.44. The minimum atomic E-state index is -0.125. The molecule has 7 fully saturated rings. The molecular formula is C108H213N27O. The van der Waals surface area contributed by atoms with Crippen molar-refractivity contribution in [3.8, 4) is 0 Å². The van der Waals surface area contributed by atoms with Gasteiger partial charge >= 0.3 is 0 Å². The fourth-order valence-corrected chi connectivity index (χ4v) is 25.1. The number of nitrogens with zero attached hydrogens (tertiary/aromatic N) is 20. The van der Waals surface area contributed by atoms with Crippen molar-refractivity contribution in [1.82, 2.24) is 106 Å². The average molecular weight is 1910 g/mol. The predicted molar refractivity (Wildman–Crippen MR) is 579 cm³/mol. The number of nitrogens with one attached hydrogen (secondary N) is 7. The molecule has 0 bridgehead atoms. The van der Waals surface area contributed by atoms with E-state index in [1.54, 1.807) is 0 Å². The number of rotatable bonds is 39. The minimum Gasteiger partial charge on any atom is -0.378 e. The molecule has 0 radical (unpaired) electrons. The van der Waals surface area contributed by atoms with Crippen LogP contribution in [0.4, 0.5) is 35.7 Å². The van der Waals surface area contributed by atoms with E-state index in [0.29, 0.717) is 42.2 Å². The quantitative estimate of drug-likeness (QED) is 0.0262. The first kappa shape index (κ1) is 118. The van der Waals surface area contributed by atoms with Crippen molar-refractivity contribution in [3.63, 3.8) is 0 Å². The number of hydrogen-bond acceptors (Lipinski definition) is 28. The van der Waals surface area contributed by atoms with Crippen LogP contribution < -0.4 is 61.7 Å². The smallest absolute Gasteiger partial charge is 0.230 e. The fraction of sp³-hybridized carbons (Fsp3) is 0.917. The zero-order chi connectivity index (χ0) is 102. The highest BCUT2D eigenvalue weighted by atomic mass is 16.5. The predicted octanol–water partition coefficient (Wildman–Crippen LogP) is 17.1. The molecule has 28 nitrogen and oxygen atoms in total. The van der Waals surface area contributed by atoms with Gasteiger partial charge in [-0.05, 0) is 424 Å². The van der Waals surface area contributed by atoms with Crippen LogP contribution in [0, 0.1) is 26.2 Å². The standard InChI is InChI=1S/C37H72N8.C33H62N8O.C26H49N7.C12H30N4/c1-27-38-30(41-37(13,14)26-32(2,3)4)40-31(39-27)45(29-24-35(9,10)43-36(11,12)25-29)21-19-17-16-18-20-44(15)28-22-33(5,6)42-34(7,8)23-28;1-25-34-28(40-17-19-42-20-18-40)36-29(35-25)41(27-23-32(6,7)38-33(8,9)24-27)16-14-12-11-13-15-39(10)26-21-30(2,3)37-31(4,5)22-26;1-18-27-21(30(10)19-14-23(2,3)32(12)24(4,5)15-19)29-22(28-18)31(11)20-16-25(6,7)33(13)26(8,9)17-20;1-13-7-5-9-15(3)11-12-16(4)10-6-8-14-2/h28-29,42-43H,16-26H2,1-15H3,(H,38,39,40,41);26-27,37-38H,11-24H2,1-10H3;19-20H,14-17H2,1-13H3;13-14H,5-12H2,1-4H3. The molecule has 7 saturated heterocycles. The van der Waals surface area contributed by atoms with Gasteiger partial charge in [0.1, 0.15) is 17.5 Å². The van der Waals surface area contributed by atoms with Crippen LogP contribution in [0.25, 0.3) is 0 Å². The van der Waals surface area contributed by atoms with Crippen molar-refractivity contribution in [2.24, 2.45) is 5.41 Å². The maximum Gasteiger partial charge on any atom is 0.230 e. The third kappa shape index (κ3) is 38.4. The number of likely N-dealkylation sites (tertiary alicyclic amines) is 2. The van der Waals surface area contributed by atoms with Gasteiger partial charge in [-0.2, -0.15) is 44.9 Å². The minimum absolute atomic E-state index is 0.0465. The molecule has 0 unspecified atom stereocenters. The zero-order valence-electron chi connectivity index (χ0n) is 96.0. The number of aryl methyl sites for hydroxylation is 3. The first-order valence-electron chi connectivity index (χ1n) is 53.5. The van der Waals surface area contributed by atoms with Crippen LogP contribution in [0.5, 0.6) is 0 Å². The van der Waals surface area contributed by atoms with Crippen LogP contribution in [-0.4, -0.2) is 345 Å². The Labute approximate surface area is 834 Å². The van der Waals surface area contributed by atoms with Crippen LogP contribution in [0.15, 0.2) is 0 Å². The van der Waals surface area contributed by atoms with Gasteiger partial charge in [-0.25, -0.2) is 0 Å². The van der Waals surface area contributed by atoms with Crippen molar-refractivity contribution in [3.05, 3.63) is 17.5 Å². The summed E-state index contributed by atoms with van der Waals surface area (Å²) in [6.45, 7) is 87.9. The Bertz CT molecular complexity index is 3870. The number of aromatic nitrogens is 9. The van der Waals surface area contributed by atoms with E-state index >= 15 is 0 Å². The summed E-state index contributed by atoms with van der Waals surface area (Å²) in [4.78, 5) is 71.1. The number of unbranched alkanes of at least 4 members (excludes halogenated alkanes) is 6. The molecule has 7 N–H and O–H groups in total. The maximum atomic E-state index is 5.59. The molecule has 7 aliphatic heterocycles. The molecule has 0 aliphatic carbocycles. The monoisotopic (exact) mass is 1900 g/mol. The van der Waals surface area contributed by atoms with Crippen molar-refractivity contribution in [2.75, 3.05) is 192 Å². The second kappa shape index (κ2) is 48.8. The van der Waals surface area contributed by atoms with Crippen LogP contribution in [0.1, 0.15) is 366 Å². The van der Waals surface area contributed by atoms with Crippen LogP contribution in [-0.2, 0) is 4.74 Å². The number of morpholine rings is 1. The highest BCUT2D eigenvalue weighted by Gasteiger charge is 2.49. The molecule has 28 heteroatoms. The van der Waals surface area contributed by atoms with Gasteiger partial charge < -0.3 is 86.1 Å². The number of ether oxygens (including phenoxy) is 1. The SMILES string of the molecule is CNCCCN(C)CCN(C)CCCNC.Cc1nc(N(C)C2CC(C)(C)N(C)C(C)(C)C2)nc(N(C)C2CC(C)(C)N(C)C(C)(C)C2)n1.Cc1nc(N2CCOCC2)nc(N(CCCCCCN(C)C2CC(C)(C)NC(C)(C)C2)C2CC(C)(C)NC(C)(C)C2)n1.Cc1nc(NC(C)(C)CC(C)(C)C)nc(N(CCCCCCN(C)C2CC(C)(C)NC(C)(C)C2)C2CC(C)(C)NC(C)(C)C2)n1. The topological polar surface area (TPSA) is 245 Å². The molecule has 10 rings (SSSR count). The van der Waals surface area contributed by atoms with Gasteiger partial charge in [-0.15, -0.1) is 0 Å². The molecule has 0 aromatic carbocycles. The lowest BCUT2D eigenvalue weighted by atomic mass is 9.77. The highest BCUT2D eigenvalue weighted by Crippen LogP contribution is 2.44. The van der Waals surface area contributed by atoms with E-state index in [0.717, 1.165) is 170 Å². The lowest BCUT2D eigenvalue weighted by Crippen LogP contribution is -2.62. The summed E-state index contributed by atoms with van der Waals surface area (Å²) < 4.78 is 5.59.